The standard InChI is InChI=1S/C32H30N2O/c1-19-15-21(3)29(22(4)16-19)33-30-27-13-9-7-11-25(27)26-12-8-10-14-28(26)32(30)34(35)31-23(5)17-20(2)18-24(31)6/h7-18H,1-6H3/b33-30?,34-32-. The van der Waals surface area contributed by atoms with Crippen LogP contribution in [0.2, 0.25) is 0 Å². The molecule has 0 heterocycles. The Labute approximate surface area is 207 Å². The molecule has 0 unspecified atom stereocenters. The van der Waals surface area contributed by atoms with Crippen LogP contribution in [0.15, 0.2) is 77.8 Å². The molecule has 3 nitrogen and oxygen atoms in total. The van der Waals surface area contributed by atoms with Crippen molar-refractivity contribution in [3.63, 3.8) is 0 Å². The minimum Gasteiger partial charge on any atom is -0.618 e. The lowest BCUT2D eigenvalue weighted by atomic mass is 9.82. The Morgan fingerprint density at radius 3 is 1.54 bits per heavy atom. The molecule has 1 aliphatic carbocycles. The molecular formula is C32H30N2O. The Balaban J connectivity index is 1.92. The van der Waals surface area contributed by atoms with E-state index >= 15 is 0 Å². The molecule has 5 rings (SSSR count). The van der Waals surface area contributed by atoms with Crippen molar-refractivity contribution in [1.29, 1.82) is 0 Å². The van der Waals surface area contributed by atoms with E-state index in [4.69, 9.17) is 4.99 Å². The first-order valence-corrected chi connectivity index (χ1v) is 12.0. The quantitative estimate of drug-likeness (QED) is 0.170. The lowest BCUT2D eigenvalue weighted by Crippen LogP contribution is -2.29. The summed E-state index contributed by atoms with van der Waals surface area (Å²) in [5, 5.41) is 14.3. The second-order valence-electron chi connectivity index (χ2n) is 9.69. The monoisotopic (exact) mass is 458 g/mol. The van der Waals surface area contributed by atoms with Gasteiger partial charge in [-0.2, -0.15) is 4.74 Å². The van der Waals surface area contributed by atoms with Gasteiger partial charge >= 0.3 is 0 Å². The minimum absolute atomic E-state index is 0.591. The van der Waals surface area contributed by atoms with E-state index in [0.717, 1.165) is 60.5 Å². The lowest BCUT2D eigenvalue weighted by Gasteiger charge is -2.24. The molecule has 0 spiro atoms. The molecule has 4 aromatic rings. The van der Waals surface area contributed by atoms with Gasteiger partial charge in [0.05, 0.1) is 11.3 Å². The third-order valence-corrected chi connectivity index (χ3v) is 6.78. The number of rotatable bonds is 2. The van der Waals surface area contributed by atoms with Crippen LogP contribution in [0.1, 0.15) is 44.5 Å². The molecule has 0 atom stereocenters. The molecule has 0 radical (unpaired) electrons. The van der Waals surface area contributed by atoms with Crippen molar-refractivity contribution in [3.8, 4) is 11.1 Å². The van der Waals surface area contributed by atoms with E-state index in [-0.39, 0.29) is 0 Å². The predicted octanol–water partition coefficient (Wildman–Crippen LogP) is 7.97. The van der Waals surface area contributed by atoms with Gasteiger partial charge in [-0.15, -0.1) is 0 Å². The van der Waals surface area contributed by atoms with Crippen LogP contribution in [0.5, 0.6) is 0 Å². The molecule has 1 aliphatic rings. The van der Waals surface area contributed by atoms with E-state index < -0.39 is 0 Å². The molecule has 3 heteroatoms. The number of nitrogens with zero attached hydrogens (tertiary/aromatic N) is 2. The zero-order chi connectivity index (χ0) is 24.9. The highest BCUT2D eigenvalue weighted by atomic mass is 16.5. The molecule has 174 valence electrons. The Morgan fingerprint density at radius 2 is 1.00 bits per heavy atom. The van der Waals surface area contributed by atoms with Gasteiger partial charge < -0.3 is 5.21 Å². The largest absolute Gasteiger partial charge is 0.618 e. The van der Waals surface area contributed by atoms with Gasteiger partial charge in [-0.25, -0.2) is 4.99 Å². The Morgan fingerprint density at radius 1 is 0.571 bits per heavy atom. The highest BCUT2D eigenvalue weighted by molar-refractivity contribution is 6.55. The molecular weight excluding hydrogens is 428 g/mol. The number of benzene rings is 4. The van der Waals surface area contributed by atoms with E-state index in [2.05, 4.69) is 70.2 Å². The zero-order valence-electron chi connectivity index (χ0n) is 21.2. The van der Waals surface area contributed by atoms with Gasteiger partial charge in [-0.1, -0.05) is 65.7 Å². The molecule has 35 heavy (non-hydrogen) atoms. The molecule has 4 aromatic carbocycles. The fourth-order valence-corrected chi connectivity index (χ4v) is 5.49. The Bertz CT molecular complexity index is 1510. The van der Waals surface area contributed by atoms with E-state index in [9.17, 15) is 5.21 Å². The maximum absolute atomic E-state index is 14.3. The summed E-state index contributed by atoms with van der Waals surface area (Å²) in [6.45, 7) is 12.4. The van der Waals surface area contributed by atoms with Gasteiger partial charge in [0, 0.05) is 16.7 Å². The number of hydrogen-bond acceptors (Lipinski definition) is 2. The SMILES string of the molecule is Cc1cc(C)c(N=C2/C(=[N+](\[O-])c3c(C)cc(C)cc3C)c3ccccc3-c3ccccc32)c(C)c1. The van der Waals surface area contributed by atoms with Crippen LogP contribution in [-0.2, 0) is 0 Å². The second kappa shape index (κ2) is 8.66. The topological polar surface area (TPSA) is 38.4 Å². The van der Waals surface area contributed by atoms with Gasteiger partial charge in [-0.05, 0) is 82.0 Å². The Kier molecular flexibility index (Phi) is 5.64. The van der Waals surface area contributed by atoms with E-state index in [0.29, 0.717) is 17.1 Å². The average molecular weight is 459 g/mol. The van der Waals surface area contributed by atoms with Crippen LogP contribution in [0.3, 0.4) is 0 Å². The average Bonchev–Trinajstić information content (AvgIpc) is 2.80. The maximum atomic E-state index is 14.3. The normalized spacial score (nSPS) is 15.1. The third-order valence-electron chi connectivity index (χ3n) is 6.78. The van der Waals surface area contributed by atoms with E-state index in [1.165, 1.54) is 5.56 Å². The Hall–Kier alpha value is -3.98. The van der Waals surface area contributed by atoms with E-state index in [1.54, 1.807) is 0 Å². The van der Waals surface area contributed by atoms with Gasteiger partial charge in [-0.3, -0.25) is 0 Å². The summed E-state index contributed by atoms with van der Waals surface area (Å²) in [4.78, 5) is 5.24. The summed E-state index contributed by atoms with van der Waals surface area (Å²) in [7, 11) is 0. The van der Waals surface area contributed by atoms with Crippen molar-refractivity contribution in [3.05, 3.63) is 123 Å². The first kappa shape index (κ1) is 22.8. The molecule has 0 aliphatic heterocycles. The van der Waals surface area contributed by atoms with E-state index in [1.807, 2.05) is 44.2 Å². The van der Waals surface area contributed by atoms with Crippen LogP contribution in [0.4, 0.5) is 11.4 Å². The van der Waals surface area contributed by atoms with Crippen molar-refractivity contribution in [2.45, 2.75) is 41.5 Å². The van der Waals surface area contributed by atoms with Crippen molar-refractivity contribution in [2.75, 3.05) is 0 Å². The van der Waals surface area contributed by atoms with Crippen LogP contribution in [0, 0.1) is 46.7 Å². The van der Waals surface area contributed by atoms with Crippen molar-refractivity contribution in [2.24, 2.45) is 4.99 Å². The van der Waals surface area contributed by atoms with Gasteiger partial charge in [0.1, 0.15) is 5.71 Å². The summed E-state index contributed by atoms with van der Waals surface area (Å²) in [5.41, 5.74) is 13.4. The molecule has 0 saturated heterocycles. The van der Waals surface area contributed by atoms with Crippen LogP contribution < -0.4 is 0 Å². The smallest absolute Gasteiger partial charge is 0.251 e. The number of hydrogen-bond donors (Lipinski definition) is 0. The summed E-state index contributed by atoms with van der Waals surface area (Å²) >= 11 is 0. The van der Waals surface area contributed by atoms with Crippen molar-refractivity contribution in [1.82, 2.24) is 0 Å². The van der Waals surface area contributed by atoms with Crippen LogP contribution >= 0.6 is 0 Å². The first-order chi connectivity index (χ1) is 16.8. The second-order valence-corrected chi connectivity index (χ2v) is 9.69. The maximum Gasteiger partial charge on any atom is 0.251 e. The van der Waals surface area contributed by atoms with Crippen molar-refractivity contribution < 1.29 is 4.74 Å². The number of fused-ring (bicyclic) bond motifs is 3. The predicted molar refractivity (Wildman–Crippen MR) is 147 cm³/mol. The van der Waals surface area contributed by atoms with Gasteiger partial charge in [0.25, 0.3) is 5.71 Å². The highest BCUT2D eigenvalue weighted by Gasteiger charge is 2.34. The number of aliphatic imine (C=N–C) groups is 1. The fourth-order valence-electron chi connectivity index (χ4n) is 5.49. The zero-order valence-corrected chi connectivity index (χ0v) is 21.2. The van der Waals surface area contributed by atoms with Crippen molar-refractivity contribution >= 4 is 22.8 Å². The van der Waals surface area contributed by atoms with Crippen LogP contribution in [0.25, 0.3) is 11.1 Å². The summed E-state index contributed by atoms with van der Waals surface area (Å²) in [6, 6.07) is 24.9. The van der Waals surface area contributed by atoms with Crippen LogP contribution in [-0.4, -0.2) is 16.2 Å². The molecule has 0 aromatic heterocycles. The fraction of sp³-hybridized carbons (Fsp3) is 0.188. The molecule has 0 N–H and O–H groups in total. The molecule has 0 bridgehead atoms. The lowest BCUT2D eigenvalue weighted by molar-refractivity contribution is -0.359. The minimum atomic E-state index is 0.591. The summed E-state index contributed by atoms with van der Waals surface area (Å²) in [6.07, 6.45) is 0. The third kappa shape index (κ3) is 3.87. The molecule has 0 fully saturated rings. The summed E-state index contributed by atoms with van der Waals surface area (Å²) in [5.74, 6) is 0. The molecule has 0 saturated carbocycles. The van der Waals surface area contributed by atoms with Gasteiger partial charge in [0.2, 0.25) is 5.69 Å². The first-order valence-electron chi connectivity index (χ1n) is 12.0. The number of aryl methyl sites for hydroxylation is 6. The molecule has 0 amide bonds. The summed E-state index contributed by atoms with van der Waals surface area (Å²) < 4.78 is 1.11. The van der Waals surface area contributed by atoms with Gasteiger partial charge in [0.15, 0.2) is 0 Å². The highest BCUT2D eigenvalue weighted by Crippen LogP contribution is 2.37.